The number of fused-ring (bicyclic) bond motifs is 1. The average molecular weight is 365 g/mol. The Morgan fingerprint density at radius 3 is 2.92 bits per heavy atom. The van der Waals surface area contributed by atoms with E-state index in [1.807, 2.05) is 0 Å². The van der Waals surface area contributed by atoms with Crippen LogP contribution >= 0.6 is 11.6 Å². The number of hydrogen-bond acceptors (Lipinski definition) is 6. The van der Waals surface area contributed by atoms with E-state index < -0.39 is 5.91 Å². The molecule has 2 heterocycles. The fraction of sp³-hybridized carbons (Fsp3) is 0.312. The van der Waals surface area contributed by atoms with Gasteiger partial charge in [-0.25, -0.2) is 9.67 Å². The molecular weight excluding hydrogens is 348 g/mol. The maximum absolute atomic E-state index is 11.1. The van der Waals surface area contributed by atoms with Crippen LogP contribution < -0.4 is 10.5 Å². The quantitative estimate of drug-likeness (QED) is 0.659. The Balaban J connectivity index is 2.09. The third-order valence-electron chi connectivity index (χ3n) is 3.56. The van der Waals surface area contributed by atoms with Crippen molar-refractivity contribution in [2.45, 2.75) is 19.4 Å². The average Bonchev–Trinajstić information content (AvgIpc) is 3.14. The van der Waals surface area contributed by atoms with E-state index in [0.29, 0.717) is 46.7 Å². The van der Waals surface area contributed by atoms with Crippen molar-refractivity contribution in [1.82, 2.24) is 14.8 Å². The van der Waals surface area contributed by atoms with Crippen LogP contribution in [0.5, 0.6) is 5.75 Å². The lowest BCUT2D eigenvalue weighted by Crippen LogP contribution is -2.15. The summed E-state index contributed by atoms with van der Waals surface area (Å²) in [5.41, 5.74) is 5.75. The highest BCUT2D eigenvalue weighted by molar-refractivity contribution is 6.31. The van der Waals surface area contributed by atoms with Gasteiger partial charge in [0.15, 0.2) is 28.7 Å². The van der Waals surface area contributed by atoms with Gasteiger partial charge in [-0.1, -0.05) is 11.6 Å². The molecule has 1 aromatic carbocycles. The van der Waals surface area contributed by atoms with Crippen LogP contribution in [0.2, 0.25) is 5.02 Å². The van der Waals surface area contributed by atoms with Crippen LogP contribution in [-0.4, -0.2) is 39.5 Å². The Labute approximate surface area is 148 Å². The SMILES string of the molecule is COc1cc(Cl)cc2cc(-c3nc(CC(N)=O)nn3CCCO)oc12. The molecule has 0 aliphatic carbocycles. The summed E-state index contributed by atoms with van der Waals surface area (Å²) >= 11 is 6.09. The highest BCUT2D eigenvalue weighted by Gasteiger charge is 2.19. The summed E-state index contributed by atoms with van der Waals surface area (Å²) in [5, 5.41) is 14.6. The highest BCUT2D eigenvalue weighted by Crippen LogP contribution is 2.35. The predicted octanol–water partition coefficient (Wildman–Crippen LogP) is 1.76. The maximum atomic E-state index is 11.1. The Morgan fingerprint density at radius 2 is 2.24 bits per heavy atom. The molecular formula is C16H17ClN4O4. The Morgan fingerprint density at radius 1 is 1.44 bits per heavy atom. The maximum Gasteiger partial charge on any atom is 0.225 e. The van der Waals surface area contributed by atoms with Crippen molar-refractivity contribution in [3.05, 3.63) is 29.0 Å². The van der Waals surface area contributed by atoms with Gasteiger partial charge in [-0.3, -0.25) is 4.79 Å². The van der Waals surface area contributed by atoms with Gasteiger partial charge in [-0.05, 0) is 18.6 Å². The van der Waals surface area contributed by atoms with Crippen molar-refractivity contribution in [2.75, 3.05) is 13.7 Å². The molecule has 0 spiro atoms. The number of amides is 1. The van der Waals surface area contributed by atoms with E-state index in [0.717, 1.165) is 5.39 Å². The molecule has 3 rings (SSSR count). The summed E-state index contributed by atoms with van der Waals surface area (Å²) in [6.45, 7) is 0.431. The summed E-state index contributed by atoms with van der Waals surface area (Å²) in [4.78, 5) is 15.5. The predicted molar refractivity (Wildman–Crippen MR) is 91.4 cm³/mol. The number of halogens is 1. The van der Waals surface area contributed by atoms with Crippen molar-refractivity contribution in [1.29, 1.82) is 0 Å². The van der Waals surface area contributed by atoms with Crippen LogP contribution in [0.15, 0.2) is 22.6 Å². The van der Waals surface area contributed by atoms with Crippen LogP contribution in [0.4, 0.5) is 0 Å². The molecule has 0 unspecified atom stereocenters. The van der Waals surface area contributed by atoms with Crippen LogP contribution in [0.3, 0.4) is 0 Å². The van der Waals surface area contributed by atoms with E-state index in [1.54, 1.807) is 22.9 Å². The molecule has 8 nitrogen and oxygen atoms in total. The largest absolute Gasteiger partial charge is 0.493 e. The normalized spacial score (nSPS) is 11.2. The number of nitrogens with zero attached hydrogens (tertiary/aromatic N) is 3. The standard InChI is InChI=1S/C16H17ClN4O4/c1-24-11-7-10(17)5-9-6-12(25-15(9)11)16-19-14(8-13(18)23)20-21(16)3-2-4-22/h5-7,22H,2-4,8H2,1H3,(H2,18,23). The molecule has 0 saturated heterocycles. The van der Waals surface area contributed by atoms with Crippen LogP contribution in [0.25, 0.3) is 22.6 Å². The molecule has 0 fully saturated rings. The fourth-order valence-corrected chi connectivity index (χ4v) is 2.74. The minimum absolute atomic E-state index is 0.00795. The molecule has 0 aliphatic rings. The number of carbonyl (C=O) groups is 1. The second kappa shape index (κ2) is 7.12. The minimum Gasteiger partial charge on any atom is -0.493 e. The molecule has 132 valence electrons. The summed E-state index contributed by atoms with van der Waals surface area (Å²) in [6.07, 6.45) is 0.413. The summed E-state index contributed by atoms with van der Waals surface area (Å²) in [5.74, 6) is 1.18. The van der Waals surface area contributed by atoms with Crippen molar-refractivity contribution in [2.24, 2.45) is 5.73 Å². The van der Waals surface area contributed by atoms with Crippen molar-refractivity contribution in [3.8, 4) is 17.3 Å². The minimum atomic E-state index is -0.524. The number of furan rings is 1. The number of carbonyl (C=O) groups excluding carboxylic acids is 1. The number of ether oxygens (including phenoxy) is 1. The van der Waals surface area contributed by atoms with E-state index in [4.69, 9.17) is 31.6 Å². The lowest BCUT2D eigenvalue weighted by molar-refractivity contribution is -0.117. The first-order valence-corrected chi connectivity index (χ1v) is 8.00. The van der Waals surface area contributed by atoms with Crippen LogP contribution in [0.1, 0.15) is 12.2 Å². The smallest absolute Gasteiger partial charge is 0.225 e. The topological polar surface area (TPSA) is 116 Å². The van der Waals surface area contributed by atoms with E-state index >= 15 is 0 Å². The number of methoxy groups -OCH3 is 1. The van der Waals surface area contributed by atoms with Gasteiger partial charge in [0.1, 0.15) is 0 Å². The molecule has 9 heteroatoms. The number of rotatable bonds is 7. The third-order valence-corrected chi connectivity index (χ3v) is 3.78. The number of aromatic nitrogens is 3. The summed E-state index contributed by atoms with van der Waals surface area (Å²) in [6, 6.07) is 5.19. The molecule has 0 bridgehead atoms. The first-order valence-electron chi connectivity index (χ1n) is 7.62. The van der Waals surface area contributed by atoms with Gasteiger partial charge in [0.2, 0.25) is 5.91 Å². The summed E-state index contributed by atoms with van der Waals surface area (Å²) in [7, 11) is 1.53. The lowest BCUT2D eigenvalue weighted by atomic mass is 10.2. The van der Waals surface area contributed by atoms with Crippen molar-refractivity contribution >= 4 is 28.5 Å². The van der Waals surface area contributed by atoms with Gasteiger partial charge >= 0.3 is 0 Å². The molecule has 1 amide bonds. The number of primary amides is 1. The molecule has 3 N–H and O–H groups in total. The van der Waals surface area contributed by atoms with Gasteiger partial charge in [0, 0.05) is 29.6 Å². The molecule has 3 aromatic rings. The number of benzene rings is 1. The molecule has 0 saturated carbocycles. The van der Waals surface area contributed by atoms with E-state index in [2.05, 4.69) is 10.1 Å². The molecule has 0 radical (unpaired) electrons. The lowest BCUT2D eigenvalue weighted by Gasteiger charge is -2.02. The number of hydrogen-bond donors (Lipinski definition) is 2. The van der Waals surface area contributed by atoms with Crippen LogP contribution in [-0.2, 0) is 17.8 Å². The zero-order chi connectivity index (χ0) is 18.0. The number of aryl methyl sites for hydroxylation is 1. The first-order chi connectivity index (χ1) is 12.0. The van der Waals surface area contributed by atoms with Crippen molar-refractivity contribution < 1.29 is 19.1 Å². The van der Waals surface area contributed by atoms with Gasteiger partial charge in [0.25, 0.3) is 0 Å². The molecule has 2 aromatic heterocycles. The highest BCUT2D eigenvalue weighted by atomic mass is 35.5. The van der Waals surface area contributed by atoms with Crippen molar-refractivity contribution in [3.63, 3.8) is 0 Å². The molecule has 0 atom stereocenters. The molecule has 25 heavy (non-hydrogen) atoms. The Bertz CT molecular complexity index is 918. The van der Waals surface area contributed by atoms with Crippen LogP contribution in [0, 0.1) is 0 Å². The van der Waals surface area contributed by atoms with E-state index in [-0.39, 0.29) is 13.0 Å². The van der Waals surface area contributed by atoms with E-state index in [9.17, 15) is 4.79 Å². The monoisotopic (exact) mass is 364 g/mol. The summed E-state index contributed by atoms with van der Waals surface area (Å²) < 4.78 is 12.8. The second-order valence-corrected chi connectivity index (χ2v) is 5.87. The second-order valence-electron chi connectivity index (χ2n) is 5.43. The Hall–Kier alpha value is -2.58. The number of nitrogens with two attached hydrogens (primary N) is 1. The zero-order valence-corrected chi connectivity index (χ0v) is 14.3. The number of aliphatic hydroxyl groups excluding tert-OH is 1. The fourth-order valence-electron chi connectivity index (χ4n) is 2.53. The number of aliphatic hydroxyl groups is 1. The van der Waals surface area contributed by atoms with E-state index in [1.165, 1.54) is 7.11 Å². The zero-order valence-electron chi connectivity index (χ0n) is 13.5. The first kappa shape index (κ1) is 17.2. The Kier molecular flexibility index (Phi) is 4.91. The van der Waals surface area contributed by atoms with Gasteiger partial charge in [-0.2, -0.15) is 5.10 Å². The van der Waals surface area contributed by atoms with Gasteiger partial charge in [0.05, 0.1) is 13.5 Å². The molecule has 0 aliphatic heterocycles. The van der Waals surface area contributed by atoms with Gasteiger partial charge < -0.3 is 20.0 Å². The third kappa shape index (κ3) is 3.59. The van der Waals surface area contributed by atoms with Gasteiger partial charge in [-0.15, -0.1) is 0 Å².